The van der Waals surface area contributed by atoms with Crippen molar-refractivity contribution in [3.05, 3.63) is 35.5 Å². The third kappa shape index (κ3) is 7.64. The first-order valence-corrected chi connectivity index (χ1v) is 7.54. The Balaban J connectivity index is 2.20. The fraction of sp³-hybridized carbons (Fsp3) is 0.588. The average molecular weight is 258 g/mol. The van der Waals surface area contributed by atoms with Crippen molar-refractivity contribution in [2.24, 2.45) is 0 Å². The maximum absolute atomic E-state index is 8.91. The highest BCUT2D eigenvalue weighted by Crippen LogP contribution is 2.17. The Kier molecular flexibility index (Phi) is 8.76. The first-order valence-electron chi connectivity index (χ1n) is 7.54. The first kappa shape index (κ1) is 15.7. The van der Waals surface area contributed by atoms with E-state index in [1.807, 2.05) is 12.2 Å². The third-order valence-electron chi connectivity index (χ3n) is 3.34. The number of nitriles is 1. The van der Waals surface area contributed by atoms with Gasteiger partial charge in [0.15, 0.2) is 0 Å². The maximum atomic E-state index is 8.91. The second-order valence-electron chi connectivity index (χ2n) is 5.06. The minimum atomic E-state index is 0.765. The zero-order valence-corrected chi connectivity index (χ0v) is 12.1. The predicted octanol–water partition coefficient (Wildman–Crippen LogP) is 4.27. The largest absolute Gasteiger partial charge is 0.317 e. The van der Waals surface area contributed by atoms with E-state index in [2.05, 4.69) is 30.5 Å². The normalized spacial score (nSPS) is 22.3. The summed E-state index contributed by atoms with van der Waals surface area (Å²) in [6.07, 6.45) is 16.5. The Labute approximate surface area is 117 Å². The molecule has 2 nitrogen and oxygen atoms in total. The van der Waals surface area contributed by atoms with Gasteiger partial charge in [0.25, 0.3) is 0 Å². The summed E-state index contributed by atoms with van der Waals surface area (Å²) < 4.78 is 0. The molecular formula is C17H26N2. The Morgan fingerprint density at radius 1 is 1.21 bits per heavy atom. The number of allylic oxidation sites excluding steroid dienone is 6. The summed E-state index contributed by atoms with van der Waals surface area (Å²) >= 11 is 0. The summed E-state index contributed by atoms with van der Waals surface area (Å²) in [6.45, 7) is 4.49. The molecule has 1 aliphatic carbocycles. The van der Waals surface area contributed by atoms with Crippen LogP contribution in [0.5, 0.6) is 0 Å². The van der Waals surface area contributed by atoms with Crippen molar-refractivity contribution in [1.29, 1.82) is 5.26 Å². The highest BCUT2D eigenvalue weighted by molar-refractivity contribution is 5.37. The van der Waals surface area contributed by atoms with Gasteiger partial charge in [0, 0.05) is 0 Å². The molecule has 0 aromatic rings. The predicted molar refractivity (Wildman–Crippen MR) is 81.8 cm³/mol. The van der Waals surface area contributed by atoms with Crippen LogP contribution in [0.4, 0.5) is 0 Å². The van der Waals surface area contributed by atoms with Gasteiger partial charge in [-0.25, -0.2) is 0 Å². The summed E-state index contributed by atoms with van der Waals surface area (Å²) in [5.41, 5.74) is 2.25. The smallest absolute Gasteiger partial charge is 0.0991 e. The standard InChI is InChI=1S/C17H26N2/c1-2-13-19-14-7-3-4-8-16-9-5-6-10-17(15-18)12-11-16/h6,10-12,19H,2-5,7-9,13-14H2,1H3/b10-6-,16-11-,17-12+. The molecule has 0 saturated heterocycles. The molecule has 0 aliphatic heterocycles. The van der Waals surface area contributed by atoms with Crippen LogP contribution in [0.1, 0.15) is 51.9 Å². The molecule has 0 atom stereocenters. The lowest BCUT2D eigenvalue weighted by atomic mass is 9.99. The number of rotatable bonds is 8. The van der Waals surface area contributed by atoms with Crippen LogP contribution >= 0.6 is 0 Å². The van der Waals surface area contributed by atoms with Crippen molar-refractivity contribution in [3.8, 4) is 6.07 Å². The molecule has 0 fully saturated rings. The maximum Gasteiger partial charge on any atom is 0.0991 e. The number of hydrogen-bond acceptors (Lipinski definition) is 2. The zero-order chi connectivity index (χ0) is 13.8. The molecule has 1 aliphatic rings. The molecular weight excluding hydrogens is 232 g/mol. The summed E-state index contributed by atoms with van der Waals surface area (Å²) in [4.78, 5) is 0. The lowest BCUT2D eigenvalue weighted by molar-refractivity contribution is 0.595. The van der Waals surface area contributed by atoms with Crippen molar-refractivity contribution in [2.45, 2.75) is 51.9 Å². The molecule has 0 spiro atoms. The van der Waals surface area contributed by atoms with Crippen LogP contribution in [0.2, 0.25) is 0 Å². The quantitative estimate of drug-likeness (QED) is 0.660. The van der Waals surface area contributed by atoms with E-state index in [0.29, 0.717) is 0 Å². The van der Waals surface area contributed by atoms with E-state index in [9.17, 15) is 0 Å². The number of unbranched alkanes of at least 4 members (excludes halogenated alkanes) is 2. The molecule has 1 N–H and O–H groups in total. The van der Waals surface area contributed by atoms with Crippen molar-refractivity contribution < 1.29 is 0 Å². The Bertz CT molecular complexity index is 369. The van der Waals surface area contributed by atoms with E-state index in [1.54, 1.807) is 0 Å². The first-order chi connectivity index (χ1) is 9.36. The topological polar surface area (TPSA) is 35.8 Å². The fourth-order valence-electron chi connectivity index (χ4n) is 2.19. The second-order valence-corrected chi connectivity index (χ2v) is 5.06. The third-order valence-corrected chi connectivity index (χ3v) is 3.34. The molecule has 0 radical (unpaired) electrons. The lowest BCUT2D eigenvalue weighted by Crippen LogP contribution is -2.15. The van der Waals surface area contributed by atoms with Crippen molar-refractivity contribution >= 4 is 0 Å². The number of nitrogens with zero attached hydrogens (tertiary/aromatic N) is 1. The number of nitrogens with one attached hydrogen (secondary N) is 1. The molecule has 104 valence electrons. The van der Waals surface area contributed by atoms with Gasteiger partial charge in [-0.1, -0.05) is 31.1 Å². The summed E-state index contributed by atoms with van der Waals surface area (Å²) in [6, 6.07) is 2.21. The summed E-state index contributed by atoms with van der Waals surface area (Å²) in [7, 11) is 0. The van der Waals surface area contributed by atoms with Crippen LogP contribution in [-0.4, -0.2) is 13.1 Å². The number of hydrogen-bond donors (Lipinski definition) is 1. The molecule has 19 heavy (non-hydrogen) atoms. The average Bonchev–Trinajstić information content (AvgIpc) is 2.40. The summed E-state index contributed by atoms with van der Waals surface area (Å²) in [5.74, 6) is 0. The highest BCUT2D eigenvalue weighted by atomic mass is 14.8. The van der Waals surface area contributed by atoms with Gasteiger partial charge in [-0.2, -0.15) is 5.26 Å². The molecule has 0 amide bonds. The van der Waals surface area contributed by atoms with E-state index < -0.39 is 0 Å². The molecule has 1 rings (SSSR count). The Morgan fingerprint density at radius 3 is 2.89 bits per heavy atom. The monoisotopic (exact) mass is 258 g/mol. The molecule has 2 heteroatoms. The fourth-order valence-corrected chi connectivity index (χ4v) is 2.19. The van der Waals surface area contributed by atoms with E-state index in [4.69, 9.17) is 5.26 Å². The van der Waals surface area contributed by atoms with Crippen LogP contribution in [0.25, 0.3) is 0 Å². The minimum absolute atomic E-state index is 0.765. The Hall–Kier alpha value is -1.33. The van der Waals surface area contributed by atoms with Crippen LogP contribution in [0.3, 0.4) is 0 Å². The zero-order valence-electron chi connectivity index (χ0n) is 12.1. The van der Waals surface area contributed by atoms with Crippen LogP contribution < -0.4 is 5.32 Å². The molecule has 0 saturated carbocycles. The molecule has 0 aromatic heterocycles. The highest BCUT2D eigenvalue weighted by Gasteiger charge is 2.00. The van der Waals surface area contributed by atoms with E-state index >= 15 is 0 Å². The van der Waals surface area contributed by atoms with E-state index in [0.717, 1.165) is 31.5 Å². The van der Waals surface area contributed by atoms with Crippen molar-refractivity contribution in [3.63, 3.8) is 0 Å². The van der Waals surface area contributed by atoms with Gasteiger partial charge < -0.3 is 5.32 Å². The van der Waals surface area contributed by atoms with Crippen molar-refractivity contribution in [2.75, 3.05) is 13.1 Å². The molecule has 0 unspecified atom stereocenters. The van der Waals surface area contributed by atoms with Gasteiger partial charge in [0.05, 0.1) is 11.6 Å². The van der Waals surface area contributed by atoms with Crippen LogP contribution in [-0.2, 0) is 0 Å². The van der Waals surface area contributed by atoms with E-state index in [1.165, 1.54) is 37.7 Å². The Morgan fingerprint density at radius 2 is 2.11 bits per heavy atom. The lowest BCUT2D eigenvalue weighted by Gasteiger charge is -2.07. The van der Waals surface area contributed by atoms with Gasteiger partial charge >= 0.3 is 0 Å². The summed E-state index contributed by atoms with van der Waals surface area (Å²) in [5, 5.41) is 12.3. The molecule has 0 bridgehead atoms. The van der Waals surface area contributed by atoms with Gasteiger partial charge in [-0.3, -0.25) is 0 Å². The van der Waals surface area contributed by atoms with Gasteiger partial charge in [-0.15, -0.1) is 0 Å². The van der Waals surface area contributed by atoms with Crippen LogP contribution in [0.15, 0.2) is 35.5 Å². The van der Waals surface area contributed by atoms with Crippen LogP contribution in [0, 0.1) is 11.3 Å². The minimum Gasteiger partial charge on any atom is -0.317 e. The van der Waals surface area contributed by atoms with Gasteiger partial charge in [0.2, 0.25) is 0 Å². The second kappa shape index (κ2) is 10.6. The molecule has 0 aromatic carbocycles. The van der Waals surface area contributed by atoms with Gasteiger partial charge in [0.1, 0.15) is 0 Å². The van der Waals surface area contributed by atoms with Gasteiger partial charge in [-0.05, 0) is 63.8 Å². The molecule has 0 heterocycles. The van der Waals surface area contributed by atoms with Crippen molar-refractivity contribution in [1.82, 2.24) is 5.32 Å². The van der Waals surface area contributed by atoms with E-state index in [-0.39, 0.29) is 0 Å². The SMILES string of the molecule is CCCNCCCCC/C1=C/C=C(C#N)\C=C/CC1.